The molecule has 0 aromatic carbocycles. The monoisotopic (exact) mass is 326 g/mol. The number of amides is 1. The molecule has 2 N–H and O–H groups in total. The summed E-state index contributed by atoms with van der Waals surface area (Å²) in [5.41, 5.74) is 0.744. The molecule has 0 spiro atoms. The lowest BCUT2D eigenvalue weighted by Crippen LogP contribution is -2.48. The molecule has 1 aromatic rings. The summed E-state index contributed by atoms with van der Waals surface area (Å²) in [6.45, 7) is 4.17. The molecule has 122 valence electrons. The highest BCUT2D eigenvalue weighted by Gasteiger charge is 2.28. The van der Waals surface area contributed by atoms with Gasteiger partial charge >= 0.3 is 0 Å². The van der Waals surface area contributed by atoms with Crippen LogP contribution < -0.4 is 10.6 Å². The number of hydrogen-bond donors (Lipinski definition) is 2. The number of nitrogens with zero attached hydrogens (tertiary/aromatic N) is 2. The largest absolute Gasteiger partial charge is 0.350 e. The van der Waals surface area contributed by atoms with Gasteiger partial charge in [0, 0.05) is 32.4 Å². The van der Waals surface area contributed by atoms with Crippen molar-refractivity contribution in [1.82, 2.24) is 19.9 Å². The van der Waals surface area contributed by atoms with Crippen molar-refractivity contribution in [2.45, 2.75) is 13.5 Å². The minimum Gasteiger partial charge on any atom is -0.350 e. The highest BCUT2D eigenvalue weighted by atomic mass is 32.2. The van der Waals surface area contributed by atoms with Crippen molar-refractivity contribution in [3.8, 4) is 0 Å². The molecule has 8 heteroatoms. The number of sulfonamides is 1. The fourth-order valence-corrected chi connectivity index (χ4v) is 4.01. The molecule has 1 amide bonds. The predicted octanol–water partition coefficient (Wildman–Crippen LogP) is -0.431. The van der Waals surface area contributed by atoms with Gasteiger partial charge in [0.15, 0.2) is 0 Å². The third-order valence-electron chi connectivity index (χ3n) is 3.55. The molecule has 1 atom stereocenters. The van der Waals surface area contributed by atoms with Crippen molar-refractivity contribution in [2.24, 2.45) is 5.92 Å². The first-order valence-electron chi connectivity index (χ1n) is 7.35. The van der Waals surface area contributed by atoms with Crippen LogP contribution in [0.5, 0.6) is 0 Å². The van der Waals surface area contributed by atoms with E-state index in [0.717, 1.165) is 5.69 Å². The molecule has 0 bridgehead atoms. The number of carbonyl (C=O) groups is 1. The summed E-state index contributed by atoms with van der Waals surface area (Å²) >= 11 is 0. The van der Waals surface area contributed by atoms with Gasteiger partial charge in [-0.2, -0.15) is 4.31 Å². The summed E-state index contributed by atoms with van der Waals surface area (Å²) < 4.78 is 26.0. The van der Waals surface area contributed by atoms with Crippen LogP contribution in [0.1, 0.15) is 12.6 Å². The summed E-state index contributed by atoms with van der Waals surface area (Å²) in [6.07, 6.45) is 1.65. The summed E-state index contributed by atoms with van der Waals surface area (Å²) in [6, 6.07) is 5.45. The number of aromatic nitrogens is 1. The minimum absolute atomic E-state index is 0.166. The van der Waals surface area contributed by atoms with Crippen LogP contribution in [-0.2, 0) is 21.4 Å². The molecule has 1 aromatic heterocycles. The molecular formula is C14H22N4O3S. The van der Waals surface area contributed by atoms with E-state index in [4.69, 9.17) is 0 Å². The smallest absolute Gasteiger partial charge is 0.224 e. The van der Waals surface area contributed by atoms with Crippen molar-refractivity contribution in [3.05, 3.63) is 30.1 Å². The number of hydrogen-bond acceptors (Lipinski definition) is 5. The molecule has 0 aliphatic carbocycles. The maximum atomic E-state index is 12.3. The van der Waals surface area contributed by atoms with Crippen molar-refractivity contribution >= 4 is 15.9 Å². The lowest BCUT2D eigenvalue weighted by atomic mass is 10.2. The standard InChI is InChI=1S/C14H22N4O3S/c1-12(11-22(20,21)18-8-6-15-7-9-18)14(19)17-10-13-4-2-3-5-16-13/h2-5,12,15H,6-11H2,1H3,(H,17,19). The zero-order chi connectivity index (χ0) is 16.0. The molecule has 0 radical (unpaired) electrons. The van der Waals surface area contributed by atoms with E-state index in [0.29, 0.717) is 32.7 Å². The first-order valence-corrected chi connectivity index (χ1v) is 8.96. The van der Waals surface area contributed by atoms with Crippen molar-refractivity contribution in [2.75, 3.05) is 31.9 Å². The van der Waals surface area contributed by atoms with Crippen LogP contribution in [0, 0.1) is 5.92 Å². The van der Waals surface area contributed by atoms with Gasteiger partial charge in [-0.05, 0) is 12.1 Å². The summed E-state index contributed by atoms with van der Waals surface area (Å²) in [7, 11) is -3.39. The SMILES string of the molecule is CC(CS(=O)(=O)N1CCNCC1)C(=O)NCc1ccccn1. The molecule has 1 unspecified atom stereocenters. The van der Waals surface area contributed by atoms with Gasteiger partial charge < -0.3 is 10.6 Å². The van der Waals surface area contributed by atoms with Crippen LogP contribution in [0.4, 0.5) is 0 Å². The molecule has 7 nitrogen and oxygen atoms in total. The number of rotatable bonds is 6. The van der Waals surface area contributed by atoms with Gasteiger partial charge in [-0.15, -0.1) is 0 Å². The van der Waals surface area contributed by atoms with Gasteiger partial charge in [0.1, 0.15) is 0 Å². The van der Waals surface area contributed by atoms with Gasteiger partial charge in [0.2, 0.25) is 15.9 Å². The Kier molecular flexibility index (Phi) is 5.87. The lowest BCUT2D eigenvalue weighted by molar-refractivity contribution is -0.124. The Morgan fingerprint density at radius 2 is 2.14 bits per heavy atom. The molecule has 1 aliphatic rings. The maximum absolute atomic E-state index is 12.3. The fourth-order valence-electron chi connectivity index (χ4n) is 2.27. The fraction of sp³-hybridized carbons (Fsp3) is 0.571. The second-order valence-corrected chi connectivity index (χ2v) is 7.38. The van der Waals surface area contributed by atoms with Crippen LogP contribution in [0.15, 0.2) is 24.4 Å². The van der Waals surface area contributed by atoms with E-state index in [1.807, 2.05) is 12.1 Å². The molecule has 0 saturated carbocycles. The van der Waals surface area contributed by atoms with Gasteiger partial charge in [-0.25, -0.2) is 8.42 Å². The lowest BCUT2D eigenvalue weighted by Gasteiger charge is -2.27. The Balaban J connectivity index is 1.85. The second kappa shape index (κ2) is 7.66. The molecule has 2 heterocycles. The van der Waals surface area contributed by atoms with Crippen LogP contribution in [0.3, 0.4) is 0 Å². The van der Waals surface area contributed by atoms with Gasteiger partial charge in [0.25, 0.3) is 0 Å². The zero-order valence-corrected chi connectivity index (χ0v) is 13.5. The molecule has 1 saturated heterocycles. The van der Waals surface area contributed by atoms with Crippen molar-refractivity contribution in [1.29, 1.82) is 0 Å². The topological polar surface area (TPSA) is 91.4 Å². The Morgan fingerprint density at radius 1 is 1.41 bits per heavy atom. The summed E-state index contributed by atoms with van der Waals surface area (Å²) in [4.78, 5) is 16.2. The summed E-state index contributed by atoms with van der Waals surface area (Å²) in [5.74, 6) is -1.03. The number of carbonyl (C=O) groups excluding carboxylic acids is 1. The van der Waals surface area contributed by atoms with Crippen molar-refractivity contribution < 1.29 is 13.2 Å². The van der Waals surface area contributed by atoms with E-state index in [2.05, 4.69) is 15.6 Å². The summed E-state index contributed by atoms with van der Waals surface area (Å²) in [5, 5.41) is 5.84. The van der Waals surface area contributed by atoms with E-state index < -0.39 is 15.9 Å². The Bertz CT molecular complexity index is 585. The van der Waals surface area contributed by atoms with Crippen molar-refractivity contribution in [3.63, 3.8) is 0 Å². The average molecular weight is 326 g/mol. The van der Waals surface area contributed by atoms with E-state index in [1.165, 1.54) is 4.31 Å². The maximum Gasteiger partial charge on any atom is 0.224 e. The van der Waals surface area contributed by atoms with E-state index in [9.17, 15) is 13.2 Å². The van der Waals surface area contributed by atoms with Gasteiger partial charge in [-0.1, -0.05) is 13.0 Å². The van der Waals surface area contributed by atoms with Crippen LogP contribution in [0.25, 0.3) is 0 Å². The normalized spacial score (nSPS) is 17.9. The zero-order valence-electron chi connectivity index (χ0n) is 12.7. The van der Waals surface area contributed by atoms with Gasteiger partial charge in [-0.3, -0.25) is 9.78 Å². The Labute approximate surface area is 131 Å². The highest BCUT2D eigenvalue weighted by molar-refractivity contribution is 7.89. The highest BCUT2D eigenvalue weighted by Crippen LogP contribution is 2.09. The molecule has 22 heavy (non-hydrogen) atoms. The molecule has 2 rings (SSSR count). The number of nitrogens with one attached hydrogen (secondary N) is 2. The first-order chi connectivity index (χ1) is 10.5. The van der Waals surface area contributed by atoms with Gasteiger partial charge in [0.05, 0.1) is 23.9 Å². The first kappa shape index (κ1) is 16.9. The Morgan fingerprint density at radius 3 is 2.77 bits per heavy atom. The van der Waals surface area contributed by atoms with Crippen LogP contribution >= 0.6 is 0 Å². The van der Waals surface area contributed by atoms with Crippen LogP contribution in [-0.4, -0.2) is 55.5 Å². The predicted molar refractivity (Wildman–Crippen MR) is 83.5 cm³/mol. The van der Waals surface area contributed by atoms with Crippen LogP contribution in [0.2, 0.25) is 0 Å². The Hall–Kier alpha value is -1.51. The number of piperazine rings is 1. The second-order valence-electron chi connectivity index (χ2n) is 5.37. The minimum atomic E-state index is -3.39. The number of pyridine rings is 1. The third-order valence-corrected chi connectivity index (χ3v) is 5.62. The molecular weight excluding hydrogens is 304 g/mol. The van der Waals surface area contributed by atoms with E-state index in [1.54, 1.807) is 19.2 Å². The quantitative estimate of drug-likeness (QED) is 0.740. The average Bonchev–Trinajstić information content (AvgIpc) is 2.54. The molecule has 1 fully saturated rings. The van der Waals surface area contributed by atoms with E-state index in [-0.39, 0.29) is 11.7 Å². The molecule has 1 aliphatic heterocycles. The third kappa shape index (κ3) is 4.75. The van der Waals surface area contributed by atoms with E-state index >= 15 is 0 Å².